The van der Waals surface area contributed by atoms with Gasteiger partial charge in [-0.3, -0.25) is 10.2 Å². The highest BCUT2D eigenvalue weighted by Crippen LogP contribution is 2.21. The van der Waals surface area contributed by atoms with E-state index in [0.29, 0.717) is 5.56 Å². The van der Waals surface area contributed by atoms with Gasteiger partial charge in [0.1, 0.15) is 5.75 Å². The smallest absolute Gasteiger partial charge is 0.270 e. The quantitative estimate of drug-likeness (QED) is 0.626. The Labute approximate surface area is 145 Å². The second-order valence-electron chi connectivity index (χ2n) is 5.54. The third-order valence-corrected chi connectivity index (χ3v) is 5.06. The minimum absolute atomic E-state index is 0.0128. The van der Waals surface area contributed by atoms with Gasteiger partial charge in [-0.05, 0) is 41.5 Å². The zero-order valence-electron chi connectivity index (χ0n) is 13.4. The van der Waals surface area contributed by atoms with E-state index < -0.39 is 15.9 Å². The maximum absolute atomic E-state index is 12.4. The van der Waals surface area contributed by atoms with Gasteiger partial charge in [-0.2, -0.15) is 0 Å². The number of hydrogen-bond acceptors (Lipinski definition) is 4. The first kappa shape index (κ1) is 16.9. The van der Waals surface area contributed by atoms with Crippen molar-refractivity contribution in [3.63, 3.8) is 0 Å². The number of phenolic OH excluding ortho intramolecular Hbond substituents is 1. The third-order valence-electron chi connectivity index (χ3n) is 3.81. The Morgan fingerprint density at radius 3 is 2.44 bits per heavy atom. The molecule has 3 aromatic rings. The van der Waals surface area contributed by atoms with Crippen molar-refractivity contribution in [2.24, 2.45) is 0 Å². The normalized spacial score (nSPS) is 11.4. The van der Waals surface area contributed by atoms with Gasteiger partial charge < -0.3 is 5.11 Å². The number of carbonyl (C=O) groups is 1. The van der Waals surface area contributed by atoms with E-state index in [4.69, 9.17) is 0 Å². The van der Waals surface area contributed by atoms with Crippen molar-refractivity contribution in [1.82, 2.24) is 10.3 Å². The third kappa shape index (κ3) is 3.47. The highest BCUT2D eigenvalue weighted by molar-refractivity contribution is 7.89. The van der Waals surface area contributed by atoms with E-state index in [2.05, 4.69) is 5.43 Å². The fourth-order valence-corrected chi connectivity index (χ4v) is 3.29. The number of benzene rings is 3. The van der Waals surface area contributed by atoms with Crippen molar-refractivity contribution < 1.29 is 18.3 Å². The van der Waals surface area contributed by atoms with Crippen LogP contribution in [0, 0.1) is 6.92 Å². The van der Waals surface area contributed by atoms with E-state index in [1.807, 2.05) is 23.0 Å². The summed E-state index contributed by atoms with van der Waals surface area (Å²) in [5.74, 6) is -0.935. The molecule has 0 saturated carbocycles. The number of carbonyl (C=O) groups excluding carboxylic acids is 1. The lowest BCUT2D eigenvalue weighted by Gasteiger charge is -2.11. The van der Waals surface area contributed by atoms with Crippen molar-refractivity contribution in [3.05, 3.63) is 71.8 Å². The van der Waals surface area contributed by atoms with E-state index in [-0.39, 0.29) is 16.2 Å². The number of phenols is 1. The summed E-state index contributed by atoms with van der Waals surface area (Å²) >= 11 is 0. The zero-order valence-corrected chi connectivity index (χ0v) is 14.2. The molecule has 0 spiro atoms. The molecule has 3 aromatic carbocycles. The number of nitrogens with one attached hydrogen (secondary N) is 2. The minimum Gasteiger partial charge on any atom is -0.507 e. The molecule has 3 rings (SSSR count). The van der Waals surface area contributed by atoms with Gasteiger partial charge in [0.15, 0.2) is 0 Å². The molecule has 25 heavy (non-hydrogen) atoms. The van der Waals surface area contributed by atoms with Crippen LogP contribution in [0.5, 0.6) is 5.75 Å². The van der Waals surface area contributed by atoms with Crippen LogP contribution in [-0.2, 0) is 10.0 Å². The number of aryl methyl sites for hydroxylation is 1. The Balaban J connectivity index is 1.81. The Morgan fingerprint density at radius 1 is 0.960 bits per heavy atom. The standard InChI is InChI=1S/C18H16N2O4S/c1-12-5-4-8-16(17(12)21)18(22)19-20-25(23,24)15-10-9-13-6-2-3-7-14(13)11-15/h2-11,20-21H,1H3,(H,19,22). The van der Waals surface area contributed by atoms with Gasteiger partial charge in [0.05, 0.1) is 10.5 Å². The molecule has 0 atom stereocenters. The molecule has 1 amide bonds. The van der Waals surface area contributed by atoms with E-state index in [1.165, 1.54) is 18.2 Å². The van der Waals surface area contributed by atoms with Crippen LogP contribution in [0.4, 0.5) is 0 Å². The highest BCUT2D eigenvalue weighted by Gasteiger charge is 2.18. The summed E-state index contributed by atoms with van der Waals surface area (Å²) in [6.45, 7) is 1.64. The Morgan fingerprint density at radius 2 is 1.68 bits per heavy atom. The average molecular weight is 356 g/mol. The van der Waals surface area contributed by atoms with Crippen molar-refractivity contribution in [3.8, 4) is 5.75 Å². The van der Waals surface area contributed by atoms with Gasteiger partial charge in [-0.25, -0.2) is 8.42 Å². The van der Waals surface area contributed by atoms with Crippen LogP contribution >= 0.6 is 0 Å². The monoisotopic (exact) mass is 356 g/mol. The minimum atomic E-state index is -3.94. The van der Waals surface area contributed by atoms with Gasteiger partial charge >= 0.3 is 0 Å². The largest absolute Gasteiger partial charge is 0.507 e. The molecular formula is C18H16N2O4S. The summed E-state index contributed by atoms with van der Waals surface area (Å²) in [7, 11) is -3.94. The number of rotatable bonds is 4. The Hall–Kier alpha value is -2.90. The predicted octanol–water partition coefficient (Wildman–Crippen LogP) is 2.48. The molecular weight excluding hydrogens is 340 g/mol. The number of aromatic hydroxyl groups is 1. The molecule has 0 heterocycles. The fourth-order valence-electron chi connectivity index (χ4n) is 2.42. The summed E-state index contributed by atoms with van der Waals surface area (Å²) in [5.41, 5.74) is 2.62. The van der Waals surface area contributed by atoms with Crippen LogP contribution in [0.1, 0.15) is 15.9 Å². The lowest BCUT2D eigenvalue weighted by atomic mass is 10.1. The van der Waals surface area contributed by atoms with Crippen LogP contribution in [0.15, 0.2) is 65.6 Å². The number of hydrogen-bond donors (Lipinski definition) is 3. The van der Waals surface area contributed by atoms with Crippen molar-refractivity contribution in [2.75, 3.05) is 0 Å². The number of fused-ring (bicyclic) bond motifs is 1. The van der Waals surface area contributed by atoms with E-state index in [0.717, 1.165) is 10.8 Å². The second-order valence-corrected chi connectivity index (χ2v) is 7.22. The number of amides is 1. The van der Waals surface area contributed by atoms with Gasteiger partial charge in [0, 0.05) is 0 Å². The summed E-state index contributed by atoms with van der Waals surface area (Å²) < 4.78 is 24.8. The first-order valence-electron chi connectivity index (χ1n) is 7.48. The van der Waals surface area contributed by atoms with E-state index >= 15 is 0 Å². The molecule has 0 aromatic heterocycles. The van der Waals surface area contributed by atoms with Gasteiger partial charge in [0.25, 0.3) is 15.9 Å². The number of para-hydroxylation sites is 1. The highest BCUT2D eigenvalue weighted by atomic mass is 32.2. The van der Waals surface area contributed by atoms with Gasteiger partial charge in [-0.1, -0.05) is 42.5 Å². The zero-order chi connectivity index (χ0) is 18.0. The molecule has 0 radical (unpaired) electrons. The lowest BCUT2D eigenvalue weighted by molar-refractivity contribution is 0.0942. The molecule has 0 bridgehead atoms. The molecule has 0 aliphatic carbocycles. The first-order valence-corrected chi connectivity index (χ1v) is 8.96. The van der Waals surface area contributed by atoms with Crippen molar-refractivity contribution in [1.29, 1.82) is 0 Å². The molecule has 0 aliphatic rings. The SMILES string of the molecule is Cc1cccc(C(=O)NNS(=O)(=O)c2ccc3ccccc3c2)c1O. The average Bonchev–Trinajstić information content (AvgIpc) is 2.61. The molecule has 7 heteroatoms. The summed E-state index contributed by atoms with van der Waals surface area (Å²) in [5, 5.41) is 11.6. The lowest BCUT2D eigenvalue weighted by Crippen LogP contribution is -2.41. The topological polar surface area (TPSA) is 95.5 Å². The Bertz CT molecular complexity index is 1060. The number of sulfonamides is 1. The van der Waals surface area contributed by atoms with Crippen LogP contribution < -0.4 is 10.3 Å². The molecule has 0 saturated heterocycles. The van der Waals surface area contributed by atoms with Crippen LogP contribution in [-0.4, -0.2) is 19.4 Å². The van der Waals surface area contributed by atoms with Crippen molar-refractivity contribution in [2.45, 2.75) is 11.8 Å². The van der Waals surface area contributed by atoms with Gasteiger partial charge in [0.2, 0.25) is 0 Å². The number of hydrazine groups is 1. The molecule has 0 fully saturated rings. The first-order chi connectivity index (χ1) is 11.9. The van der Waals surface area contributed by atoms with E-state index in [1.54, 1.807) is 31.2 Å². The second kappa shape index (κ2) is 6.54. The maximum atomic E-state index is 12.4. The maximum Gasteiger partial charge on any atom is 0.270 e. The van der Waals surface area contributed by atoms with Gasteiger partial charge in [-0.15, -0.1) is 4.83 Å². The molecule has 6 nitrogen and oxygen atoms in total. The molecule has 128 valence electrons. The van der Waals surface area contributed by atoms with E-state index in [9.17, 15) is 18.3 Å². The van der Waals surface area contributed by atoms with Crippen LogP contribution in [0.2, 0.25) is 0 Å². The summed E-state index contributed by atoms with van der Waals surface area (Å²) in [6.07, 6.45) is 0. The Kier molecular flexibility index (Phi) is 4.43. The fraction of sp³-hybridized carbons (Fsp3) is 0.0556. The molecule has 0 unspecified atom stereocenters. The summed E-state index contributed by atoms with van der Waals surface area (Å²) in [6, 6.07) is 16.7. The summed E-state index contributed by atoms with van der Waals surface area (Å²) in [4.78, 5) is 14.2. The molecule has 0 aliphatic heterocycles. The predicted molar refractivity (Wildman–Crippen MR) is 94.6 cm³/mol. The van der Waals surface area contributed by atoms with Crippen LogP contribution in [0.3, 0.4) is 0 Å². The van der Waals surface area contributed by atoms with Crippen LogP contribution in [0.25, 0.3) is 10.8 Å². The van der Waals surface area contributed by atoms with Crippen molar-refractivity contribution >= 4 is 26.7 Å². The molecule has 3 N–H and O–H groups in total.